The quantitative estimate of drug-likeness (QED) is 0.891. The number of hydrogen-bond donors (Lipinski definition) is 1. The highest BCUT2D eigenvalue weighted by molar-refractivity contribution is 6.34. The second-order valence-electron chi connectivity index (χ2n) is 5.38. The third-order valence-electron chi connectivity index (χ3n) is 3.68. The van der Waals surface area contributed by atoms with Crippen LogP contribution in [0.1, 0.15) is 29.4 Å². The van der Waals surface area contributed by atoms with Crippen molar-refractivity contribution in [3.63, 3.8) is 0 Å². The Morgan fingerprint density at radius 1 is 1.58 bits per heavy atom. The van der Waals surface area contributed by atoms with Gasteiger partial charge >= 0.3 is 0 Å². The van der Waals surface area contributed by atoms with Gasteiger partial charge in [0.05, 0.1) is 35.4 Å². The highest BCUT2D eigenvalue weighted by atomic mass is 35.5. The third kappa shape index (κ3) is 3.79. The first kappa shape index (κ1) is 18.1. The van der Waals surface area contributed by atoms with Gasteiger partial charge in [-0.1, -0.05) is 18.5 Å². The highest BCUT2D eigenvalue weighted by Crippen LogP contribution is 2.31. The number of carbonyl (C=O) groups excluding carboxylic acids is 2. The number of hydrogen-bond acceptors (Lipinski definition) is 4. The van der Waals surface area contributed by atoms with Crippen LogP contribution in [0.3, 0.4) is 0 Å². The summed E-state index contributed by atoms with van der Waals surface area (Å²) >= 11 is 6.07. The molecule has 0 aromatic carbocycles. The summed E-state index contributed by atoms with van der Waals surface area (Å²) in [6, 6.07) is 1.89. The zero-order valence-electron chi connectivity index (χ0n) is 12.9. The molecule has 24 heavy (non-hydrogen) atoms. The monoisotopic (exact) mass is 356 g/mol. The number of nitriles is 1. The standard InChI is InChI=1S/C15H15ClF2N4O2/c1-2-11-13(16)10(3-4-20-11)14(24)21-7-12(23)22-8-15(17,18)5-9(22)6-19/h3-4,9H,2,5,7-8H2,1H3,(H,21,24)/t9-/m0/s1. The Kier molecular flexibility index (Phi) is 5.34. The summed E-state index contributed by atoms with van der Waals surface area (Å²) in [6.07, 6.45) is 1.26. The molecule has 2 rings (SSSR count). The molecule has 1 atom stereocenters. The summed E-state index contributed by atoms with van der Waals surface area (Å²) in [6.45, 7) is 0.512. The zero-order chi connectivity index (χ0) is 17.9. The Labute approximate surface area is 142 Å². The van der Waals surface area contributed by atoms with E-state index in [0.717, 1.165) is 4.90 Å². The molecule has 0 bridgehead atoms. The van der Waals surface area contributed by atoms with Crippen LogP contribution in [0.2, 0.25) is 5.02 Å². The van der Waals surface area contributed by atoms with E-state index in [2.05, 4.69) is 10.3 Å². The molecule has 0 saturated carbocycles. The Bertz CT molecular complexity index is 705. The van der Waals surface area contributed by atoms with E-state index in [-0.39, 0.29) is 10.6 Å². The lowest BCUT2D eigenvalue weighted by Gasteiger charge is -2.19. The van der Waals surface area contributed by atoms with Crippen molar-refractivity contribution >= 4 is 23.4 Å². The van der Waals surface area contributed by atoms with Crippen molar-refractivity contribution in [2.75, 3.05) is 13.1 Å². The maximum Gasteiger partial charge on any atom is 0.268 e. The Morgan fingerprint density at radius 2 is 2.29 bits per heavy atom. The van der Waals surface area contributed by atoms with E-state index < -0.39 is 43.3 Å². The molecule has 1 aromatic heterocycles. The number of likely N-dealkylation sites (tertiary alicyclic amines) is 1. The van der Waals surface area contributed by atoms with Gasteiger partial charge in [0, 0.05) is 12.6 Å². The number of halogens is 3. The van der Waals surface area contributed by atoms with Crippen molar-refractivity contribution in [2.24, 2.45) is 0 Å². The summed E-state index contributed by atoms with van der Waals surface area (Å²) in [4.78, 5) is 29.0. The highest BCUT2D eigenvalue weighted by Gasteiger charge is 2.47. The molecule has 2 heterocycles. The first-order valence-electron chi connectivity index (χ1n) is 7.27. The maximum absolute atomic E-state index is 13.3. The normalized spacial score (nSPS) is 19.0. The van der Waals surface area contributed by atoms with E-state index in [1.165, 1.54) is 12.3 Å². The number of rotatable bonds is 4. The van der Waals surface area contributed by atoms with Crippen LogP contribution < -0.4 is 5.32 Å². The molecular formula is C15H15ClF2N4O2. The van der Waals surface area contributed by atoms with E-state index in [1.54, 1.807) is 6.07 Å². The van der Waals surface area contributed by atoms with Crippen molar-refractivity contribution in [3.8, 4) is 6.07 Å². The lowest BCUT2D eigenvalue weighted by atomic mass is 10.2. The minimum absolute atomic E-state index is 0.153. The number of alkyl halides is 2. The molecule has 6 nitrogen and oxygen atoms in total. The van der Waals surface area contributed by atoms with Crippen molar-refractivity contribution < 1.29 is 18.4 Å². The molecule has 1 fully saturated rings. The van der Waals surface area contributed by atoms with Crippen molar-refractivity contribution in [1.29, 1.82) is 5.26 Å². The fourth-order valence-corrected chi connectivity index (χ4v) is 2.79. The second kappa shape index (κ2) is 7.09. The van der Waals surface area contributed by atoms with Gasteiger partial charge in [-0.25, -0.2) is 8.78 Å². The van der Waals surface area contributed by atoms with Gasteiger partial charge in [0.2, 0.25) is 5.91 Å². The van der Waals surface area contributed by atoms with Crippen molar-refractivity contribution in [3.05, 3.63) is 28.5 Å². The van der Waals surface area contributed by atoms with Gasteiger partial charge < -0.3 is 10.2 Å². The fourth-order valence-electron chi connectivity index (χ4n) is 2.46. The van der Waals surface area contributed by atoms with Gasteiger partial charge in [-0.05, 0) is 12.5 Å². The summed E-state index contributed by atoms with van der Waals surface area (Å²) in [5.74, 6) is -4.44. The van der Waals surface area contributed by atoms with E-state index >= 15 is 0 Å². The topological polar surface area (TPSA) is 86.1 Å². The number of carbonyl (C=O) groups is 2. The van der Waals surface area contributed by atoms with Gasteiger partial charge in [0.25, 0.3) is 11.8 Å². The smallest absolute Gasteiger partial charge is 0.268 e. The first-order valence-corrected chi connectivity index (χ1v) is 7.65. The molecule has 1 N–H and O–H groups in total. The van der Waals surface area contributed by atoms with Crippen LogP contribution in [0.25, 0.3) is 0 Å². The lowest BCUT2D eigenvalue weighted by Crippen LogP contribution is -2.43. The number of aryl methyl sites for hydroxylation is 1. The maximum atomic E-state index is 13.3. The molecule has 0 radical (unpaired) electrons. The molecule has 1 aliphatic heterocycles. The van der Waals surface area contributed by atoms with Crippen LogP contribution in [0.4, 0.5) is 8.78 Å². The number of pyridine rings is 1. The van der Waals surface area contributed by atoms with Crippen LogP contribution in [0.15, 0.2) is 12.3 Å². The Morgan fingerprint density at radius 3 is 2.92 bits per heavy atom. The van der Waals surface area contributed by atoms with Gasteiger partial charge in [-0.15, -0.1) is 0 Å². The summed E-state index contributed by atoms with van der Waals surface area (Å²) < 4.78 is 26.7. The fraction of sp³-hybridized carbons (Fsp3) is 0.467. The second-order valence-corrected chi connectivity index (χ2v) is 5.76. The molecular weight excluding hydrogens is 342 g/mol. The lowest BCUT2D eigenvalue weighted by molar-refractivity contribution is -0.131. The molecule has 1 aliphatic rings. The number of nitrogens with one attached hydrogen (secondary N) is 1. The number of amides is 2. The summed E-state index contributed by atoms with van der Waals surface area (Å²) in [5.41, 5.74) is 0.694. The van der Waals surface area contributed by atoms with Crippen LogP contribution >= 0.6 is 11.6 Å². The van der Waals surface area contributed by atoms with Crippen LogP contribution in [0, 0.1) is 11.3 Å². The third-order valence-corrected chi connectivity index (χ3v) is 4.10. The Hall–Kier alpha value is -2.27. The molecule has 0 spiro atoms. The minimum atomic E-state index is -3.09. The summed E-state index contributed by atoms with van der Waals surface area (Å²) in [7, 11) is 0. The predicted molar refractivity (Wildman–Crippen MR) is 81.6 cm³/mol. The van der Waals surface area contributed by atoms with Gasteiger partial charge in [-0.3, -0.25) is 14.6 Å². The van der Waals surface area contributed by atoms with Crippen molar-refractivity contribution in [2.45, 2.75) is 31.7 Å². The average molecular weight is 357 g/mol. The minimum Gasteiger partial charge on any atom is -0.343 e. The molecule has 2 amide bonds. The van der Waals surface area contributed by atoms with Gasteiger partial charge in [0.15, 0.2) is 0 Å². The summed E-state index contributed by atoms with van der Waals surface area (Å²) in [5, 5.41) is 11.4. The van der Waals surface area contributed by atoms with E-state index in [9.17, 15) is 18.4 Å². The Balaban J connectivity index is 2.02. The molecule has 0 unspecified atom stereocenters. The average Bonchev–Trinajstić information content (AvgIpc) is 2.87. The van der Waals surface area contributed by atoms with E-state index in [1.807, 2.05) is 6.92 Å². The molecule has 1 saturated heterocycles. The predicted octanol–water partition coefficient (Wildman–Crippen LogP) is 1.79. The molecule has 9 heteroatoms. The van der Waals surface area contributed by atoms with Crippen LogP contribution in [-0.4, -0.2) is 46.8 Å². The van der Waals surface area contributed by atoms with Crippen LogP contribution in [0.5, 0.6) is 0 Å². The molecule has 128 valence electrons. The van der Waals surface area contributed by atoms with Gasteiger partial charge in [0.1, 0.15) is 6.04 Å². The van der Waals surface area contributed by atoms with Crippen LogP contribution in [-0.2, 0) is 11.2 Å². The number of nitrogens with zero attached hydrogens (tertiary/aromatic N) is 3. The SMILES string of the molecule is CCc1nccc(C(=O)NCC(=O)N2CC(F)(F)C[C@H]2C#N)c1Cl. The van der Waals surface area contributed by atoms with Crippen molar-refractivity contribution in [1.82, 2.24) is 15.2 Å². The molecule has 0 aliphatic carbocycles. The first-order chi connectivity index (χ1) is 11.3. The zero-order valence-corrected chi connectivity index (χ0v) is 13.6. The largest absolute Gasteiger partial charge is 0.343 e. The van der Waals surface area contributed by atoms with Gasteiger partial charge in [-0.2, -0.15) is 5.26 Å². The van der Waals surface area contributed by atoms with E-state index in [4.69, 9.17) is 16.9 Å². The molecule has 1 aromatic rings. The van der Waals surface area contributed by atoms with E-state index in [0.29, 0.717) is 12.1 Å². The number of aromatic nitrogens is 1.